The van der Waals surface area contributed by atoms with E-state index in [4.69, 9.17) is 16.3 Å². The molecule has 0 aliphatic heterocycles. The minimum Gasteiger partial charge on any atom is -0.444 e. The Morgan fingerprint density at radius 2 is 1.96 bits per heavy atom. The number of nitrogens with zero attached hydrogens (tertiary/aromatic N) is 1. The topological polar surface area (TPSA) is 68.3 Å². The van der Waals surface area contributed by atoms with Crippen molar-refractivity contribution < 1.29 is 27.5 Å². The van der Waals surface area contributed by atoms with Gasteiger partial charge < -0.3 is 4.74 Å². The largest absolute Gasteiger partial charge is 0.444 e. The fraction of sp³-hybridized carbons (Fsp3) is 0.312. The van der Waals surface area contributed by atoms with Gasteiger partial charge in [-0.15, -0.1) is 11.3 Å². The molecule has 2 rings (SSSR count). The molecule has 2 aromatic heterocycles. The quantitative estimate of drug-likeness (QED) is 0.669. The number of alkyl halides is 3. The number of carbonyl (C=O) groups is 2. The van der Waals surface area contributed by atoms with E-state index in [0.717, 1.165) is 17.5 Å². The third kappa shape index (κ3) is 4.95. The summed E-state index contributed by atoms with van der Waals surface area (Å²) in [6.07, 6.45) is -4.13. The van der Waals surface area contributed by atoms with Crippen LogP contribution in [0.5, 0.6) is 0 Å². The summed E-state index contributed by atoms with van der Waals surface area (Å²) >= 11 is 7.05. The zero-order valence-corrected chi connectivity index (χ0v) is 15.5. The number of aldehydes is 1. The third-order valence-corrected chi connectivity index (χ3v) is 4.33. The Kier molecular flexibility index (Phi) is 5.62. The van der Waals surface area contributed by atoms with Crippen LogP contribution in [0.3, 0.4) is 0 Å². The van der Waals surface area contributed by atoms with E-state index >= 15 is 0 Å². The molecule has 0 fully saturated rings. The zero-order valence-electron chi connectivity index (χ0n) is 13.9. The van der Waals surface area contributed by atoms with Crippen molar-refractivity contribution in [2.75, 3.05) is 5.32 Å². The molecule has 0 aromatic carbocycles. The van der Waals surface area contributed by atoms with Gasteiger partial charge in [-0.2, -0.15) is 13.2 Å². The number of hydrogen-bond acceptors (Lipinski definition) is 5. The summed E-state index contributed by atoms with van der Waals surface area (Å²) in [5.41, 5.74) is -1.67. The van der Waals surface area contributed by atoms with Gasteiger partial charge in [-0.25, -0.2) is 4.79 Å². The second-order valence-corrected chi connectivity index (χ2v) is 7.85. The van der Waals surface area contributed by atoms with Gasteiger partial charge in [-0.05, 0) is 32.9 Å². The number of pyridine rings is 1. The molecule has 10 heteroatoms. The lowest BCUT2D eigenvalue weighted by Gasteiger charge is -2.19. The van der Waals surface area contributed by atoms with E-state index in [2.05, 4.69) is 10.3 Å². The fourth-order valence-electron chi connectivity index (χ4n) is 1.93. The molecule has 2 heterocycles. The van der Waals surface area contributed by atoms with Gasteiger partial charge in [0, 0.05) is 22.2 Å². The molecule has 26 heavy (non-hydrogen) atoms. The van der Waals surface area contributed by atoms with Crippen LogP contribution in [0.15, 0.2) is 18.3 Å². The van der Waals surface area contributed by atoms with E-state index in [9.17, 15) is 22.8 Å². The van der Waals surface area contributed by atoms with Crippen molar-refractivity contribution in [2.24, 2.45) is 0 Å². The van der Waals surface area contributed by atoms with Crippen molar-refractivity contribution in [2.45, 2.75) is 32.5 Å². The van der Waals surface area contributed by atoms with E-state index < -0.39 is 23.6 Å². The summed E-state index contributed by atoms with van der Waals surface area (Å²) in [7, 11) is 0. The van der Waals surface area contributed by atoms with Crippen LogP contribution >= 0.6 is 22.9 Å². The summed E-state index contributed by atoms with van der Waals surface area (Å²) < 4.78 is 43.5. The first kappa shape index (κ1) is 20.2. The Morgan fingerprint density at radius 1 is 1.31 bits per heavy atom. The van der Waals surface area contributed by atoms with Gasteiger partial charge >= 0.3 is 12.3 Å². The van der Waals surface area contributed by atoms with E-state index in [0.29, 0.717) is 17.2 Å². The molecule has 0 saturated heterocycles. The van der Waals surface area contributed by atoms with Crippen molar-refractivity contribution in [1.29, 1.82) is 0 Å². The second-order valence-electron chi connectivity index (χ2n) is 6.20. The normalized spacial score (nSPS) is 12.0. The Labute approximate surface area is 156 Å². The van der Waals surface area contributed by atoms with E-state index in [-0.39, 0.29) is 21.2 Å². The number of ether oxygens (including phenoxy) is 1. The van der Waals surface area contributed by atoms with Crippen LogP contribution < -0.4 is 5.32 Å². The predicted molar refractivity (Wildman–Crippen MR) is 92.8 cm³/mol. The molecule has 0 unspecified atom stereocenters. The molecular formula is C16H14ClF3N2O3S. The lowest BCUT2D eigenvalue weighted by Crippen LogP contribution is -2.27. The van der Waals surface area contributed by atoms with Crippen molar-refractivity contribution in [3.8, 4) is 10.4 Å². The Balaban J connectivity index is 2.33. The molecule has 0 aliphatic carbocycles. The number of anilines is 1. The smallest absolute Gasteiger partial charge is 0.433 e. The molecular weight excluding hydrogens is 393 g/mol. The lowest BCUT2D eigenvalue weighted by molar-refractivity contribution is -0.141. The maximum absolute atomic E-state index is 12.7. The highest BCUT2D eigenvalue weighted by Gasteiger charge is 2.33. The Hall–Kier alpha value is -2.13. The highest BCUT2D eigenvalue weighted by Crippen LogP contribution is 2.40. The molecule has 0 spiro atoms. The number of nitrogens with one attached hydrogen (secondary N) is 1. The second kappa shape index (κ2) is 7.24. The van der Waals surface area contributed by atoms with Crippen molar-refractivity contribution in [3.05, 3.63) is 33.9 Å². The van der Waals surface area contributed by atoms with Crippen LogP contribution in [0.4, 0.5) is 23.7 Å². The molecule has 1 N–H and O–H groups in total. The summed E-state index contributed by atoms with van der Waals surface area (Å²) in [5.74, 6) is 0. The molecule has 0 bridgehead atoms. The lowest BCUT2D eigenvalue weighted by atomic mass is 10.1. The fourth-order valence-corrected chi connectivity index (χ4v) is 3.15. The van der Waals surface area contributed by atoms with Gasteiger partial charge in [0.15, 0.2) is 6.29 Å². The first-order valence-corrected chi connectivity index (χ1v) is 8.42. The summed E-state index contributed by atoms with van der Waals surface area (Å²) in [6.45, 7) is 5.08. The number of rotatable bonds is 3. The van der Waals surface area contributed by atoms with Crippen LogP contribution in [-0.2, 0) is 10.9 Å². The summed E-state index contributed by atoms with van der Waals surface area (Å²) in [4.78, 5) is 26.7. The average Bonchev–Trinajstić information content (AvgIpc) is 2.84. The zero-order chi connectivity index (χ0) is 19.7. The van der Waals surface area contributed by atoms with Crippen molar-refractivity contribution >= 4 is 41.0 Å². The van der Waals surface area contributed by atoms with Crippen LogP contribution in [0.2, 0.25) is 4.34 Å². The maximum Gasteiger partial charge on any atom is 0.433 e. The number of hydrogen-bond donors (Lipinski definition) is 1. The van der Waals surface area contributed by atoms with Crippen molar-refractivity contribution in [3.63, 3.8) is 0 Å². The van der Waals surface area contributed by atoms with Gasteiger partial charge in [0.1, 0.15) is 15.6 Å². The average molecular weight is 407 g/mol. The van der Waals surface area contributed by atoms with Crippen LogP contribution in [0.25, 0.3) is 10.4 Å². The first-order chi connectivity index (χ1) is 11.9. The van der Waals surface area contributed by atoms with Crippen LogP contribution in [0, 0.1) is 0 Å². The molecule has 1 amide bonds. The minimum absolute atomic E-state index is 0.178. The molecule has 2 aromatic rings. The van der Waals surface area contributed by atoms with Gasteiger partial charge in [0.25, 0.3) is 0 Å². The molecule has 0 radical (unpaired) electrons. The van der Waals surface area contributed by atoms with E-state index in [1.54, 1.807) is 20.8 Å². The van der Waals surface area contributed by atoms with Crippen LogP contribution in [0.1, 0.15) is 36.8 Å². The summed E-state index contributed by atoms with van der Waals surface area (Å²) in [6, 6.07) is 2.10. The SMILES string of the molecule is CC(C)(C)OC(=O)Nc1cc(-c2cnc(C(F)(F)F)cc2C=O)sc1Cl. The monoisotopic (exact) mass is 406 g/mol. The number of aromatic nitrogens is 1. The van der Waals surface area contributed by atoms with Gasteiger partial charge in [0.05, 0.1) is 5.69 Å². The Bertz CT molecular complexity index is 844. The van der Waals surface area contributed by atoms with Gasteiger partial charge in [-0.1, -0.05) is 11.6 Å². The highest BCUT2D eigenvalue weighted by atomic mass is 35.5. The standard InChI is InChI=1S/C16H14ClF3N2O3S/c1-15(2,3)25-14(24)22-10-5-11(26-13(10)17)9-6-21-12(16(18,19)20)4-8(9)7-23/h4-7H,1-3H3,(H,22,24). The van der Waals surface area contributed by atoms with Crippen LogP contribution in [-0.4, -0.2) is 23.0 Å². The highest BCUT2D eigenvalue weighted by molar-refractivity contribution is 7.20. The number of carbonyl (C=O) groups excluding carboxylic acids is 2. The Morgan fingerprint density at radius 3 is 2.50 bits per heavy atom. The van der Waals surface area contributed by atoms with Gasteiger partial charge in [-0.3, -0.25) is 15.1 Å². The summed E-state index contributed by atoms with van der Waals surface area (Å²) in [5, 5.41) is 2.46. The predicted octanol–water partition coefficient (Wildman–Crippen LogP) is 5.64. The molecule has 0 saturated carbocycles. The number of halogens is 4. The molecule has 0 aliphatic rings. The first-order valence-electron chi connectivity index (χ1n) is 7.23. The minimum atomic E-state index is -4.66. The van der Waals surface area contributed by atoms with E-state index in [1.165, 1.54) is 6.07 Å². The third-order valence-electron chi connectivity index (χ3n) is 2.94. The number of amides is 1. The van der Waals surface area contributed by atoms with Gasteiger partial charge in [0.2, 0.25) is 0 Å². The molecule has 140 valence electrons. The molecule has 5 nitrogen and oxygen atoms in total. The van der Waals surface area contributed by atoms with E-state index in [1.807, 2.05) is 0 Å². The van der Waals surface area contributed by atoms with Crippen molar-refractivity contribution in [1.82, 2.24) is 4.98 Å². The maximum atomic E-state index is 12.7. The number of thiophene rings is 1. The molecule has 0 atom stereocenters.